The number of hydrogen-bond donors (Lipinski definition) is 0. The van der Waals surface area contributed by atoms with E-state index in [1.165, 1.54) is 12.1 Å². The molecule has 16 heavy (non-hydrogen) atoms. The van der Waals surface area contributed by atoms with Crippen molar-refractivity contribution >= 4 is 22.9 Å². The van der Waals surface area contributed by atoms with Gasteiger partial charge in [0.2, 0.25) is 0 Å². The lowest BCUT2D eigenvalue weighted by Crippen LogP contribution is -1.98. The Balaban J connectivity index is 2.17. The van der Waals surface area contributed by atoms with E-state index in [1.807, 2.05) is 17.5 Å². The summed E-state index contributed by atoms with van der Waals surface area (Å²) in [5, 5.41) is 1.49. The highest BCUT2D eigenvalue weighted by Crippen LogP contribution is 2.28. The van der Waals surface area contributed by atoms with Gasteiger partial charge in [-0.1, -0.05) is 12.1 Å². The Kier molecular flexibility index (Phi) is 3.56. The first-order chi connectivity index (χ1) is 7.66. The molecule has 0 saturated heterocycles. The van der Waals surface area contributed by atoms with Gasteiger partial charge in [0.1, 0.15) is 11.6 Å². The number of rotatable bonds is 3. The van der Waals surface area contributed by atoms with E-state index >= 15 is 0 Å². The molecule has 0 spiro atoms. The van der Waals surface area contributed by atoms with Crippen LogP contribution in [0.2, 0.25) is 0 Å². The van der Waals surface area contributed by atoms with E-state index in [9.17, 15) is 8.78 Å². The Morgan fingerprint density at radius 3 is 2.69 bits per heavy atom. The van der Waals surface area contributed by atoms with Gasteiger partial charge in [0.15, 0.2) is 0 Å². The molecule has 2 aromatic rings. The lowest BCUT2D eigenvalue weighted by molar-refractivity contribution is 0.570. The molecule has 84 valence electrons. The Bertz CT molecular complexity index is 468. The summed E-state index contributed by atoms with van der Waals surface area (Å²) in [7, 11) is 0. The van der Waals surface area contributed by atoms with E-state index in [0.717, 1.165) is 10.9 Å². The van der Waals surface area contributed by atoms with Crippen molar-refractivity contribution < 1.29 is 8.78 Å². The van der Waals surface area contributed by atoms with E-state index in [1.54, 1.807) is 11.3 Å². The molecule has 0 nitrogen and oxygen atoms in total. The first kappa shape index (κ1) is 11.6. The second kappa shape index (κ2) is 4.93. The number of thiophene rings is 1. The smallest absolute Gasteiger partial charge is 0.130 e. The quantitative estimate of drug-likeness (QED) is 0.709. The molecule has 0 radical (unpaired) electrons. The van der Waals surface area contributed by atoms with Crippen LogP contribution >= 0.6 is 22.9 Å². The molecule has 1 heterocycles. The van der Waals surface area contributed by atoms with Gasteiger partial charge in [0.05, 0.1) is 5.38 Å². The normalized spacial score (nSPS) is 12.7. The van der Waals surface area contributed by atoms with Crippen molar-refractivity contribution in [1.29, 1.82) is 0 Å². The van der Waals surface area contributed by atoms with Crippen molar-refractivity contribution in [2.45, 2.75) is 11.8 Å². The summed E-state index contributed by atoms with van der Waals surface area (Å²) in [5.74, 6) is -1.17. The van der Waals surface area contributed by atoms with Gasteiger partial charge >= 0.3 is 0 Å². The highest BCUT2D eigenvalue weighted by atomic mass is 35.5. The minimum absolute atomic E-state index is 0.344. The molecule has 0 amide bonds. The minimum atomic E-state index is -0.587. The molecule has 0 aliphatic rings. The number of hydrogen-bond acceptors (Lipinski definition) is 1. The van der Waals surface area contributed by atoms with Crippen LogP contribution in [0, 0.1) is 11.6 Å². The zero-order valence-corrected chi connectivity index (χ0v) is 9.86. The summed E-state index contributed by atoms with van der Waals surface area (Å²) >= 11 is 7.67. The molecule has 1 aromatic heterocycles. The van der Waals surface area contributed by atoms with Gasteiger partial charge in [0.25, 0.3) is 0 Å². The number of alkyl halides is 1. The molecule has 1 aromatic carbocycles. The Labute approximate surface area is 101 Å². The summed E-state index contributed by atoms with van der Waals surface area (Å²) in [4.78, 5) is 1.09. The van der Waals surface area contributed by atoms with Gasteiger partial charge in [-0.05, 0) is 17.5 Å². The fourth-order valence-corrected chi connectivity index (χ4v) is 2.66. The highest BCUT2D eigenvalue weighted by molar-refractivity contribution is 7.09. The SMILES string of the molecule is Fc1ccc(C(Cl)Cc2cccs2)c(F)c1. The third-order valence-electron chi connectivity index (χ3n) is 2.26. The summed E-state index contributed by atoms with van der Waals surface area (Å²) in [6.07, 6.45) is 0.557. The van der Waals surface area contributed by atoms with Crippen LogP contribution in [0.4, 0.5) is 8.78 Å². The van der Waals surface area contributed by atoms with Gasteiger partial charge in [-0.25, -0.2) is 8.78 Å². The second-order valence-electron chi connectivity index (χ2n) is 3.42. The third-order valence-corrected chi connectivity index (χ3v) is 3.55. The van der Waals surface area contributed by atoms with Crippen molar-refractivity contribution in [1.82, 2.24) is 0 Å². The zero-order valence-electron chi connectivity index (χ0n) is 8.29. The zero-order chi connectivity index (χ0) is 11.5. The maximum absolute atomic E-state index is 13.4. The first-order valence-electron chi connectivity index (χ1n) is 4.78. The fraction of sp³-hybridized carbons (Fsp3) is 0.167. The van der Waals surface area contributed by atoms with Crippen molar-refractivity contribution in [3.8, 4) is 0 Å². The van der Waals surface area contributed by atoms with Crippen LogP contribution in [0.25, 0.3) is 0 Å². The largest absolute Gasteiger partial charge is 0.207 e. The number of benzene rings is 1. The molecule has 0 saturated carbocycles. The van der Waals surface area contributed by atoms with Gasteiger partial charge < -0.3 is 0 Å². The van der Waals surface area contributed by atoms with Crippen LogP contribution < -0.4 is 0 Å². The summed E-state index contributed by atoms with van der Waals surface area (Å²) in [6, 6.07) is 7.35. The predicted octanol–water partition coefficient (Wildman–Crippen LogP) is 4.55. The summed E-state index contributed by atoms with van der Waals surface area (Å²) < 4.78 is 26.1. The second-order valence-corrected chi connectivity index (χ2v) is 4.98. The Hall–Kier alpha value is -0.930. The average Bonchev–Trinajstić information content (AvgIpc) is 2.70. The van der Waals surface area contributed by atoms with E-state index in [4.69, 9.17) is 11.6 Å². The van der Waals surface area contributed by atoms with Crippen molar-refractivity contribution in [2.24, 2.45) is 0 Å². The van der Waals surface area contributed by atoms with E-state index in [2.05, 4.69) is 0 Å². The van der Waals surface area contributed by atoms with Crippen LogP contribution in [0.1, 0.15) is 15.8 Å². The van der Waals surface area contributed by atoms with Gasteiger partial charge in [0, 0.05) is 22.9 Å². The maximum atomic E-state index is 13.4. The monoisotopic (exact) mass is 258 g/mol. The standard InChI is InChI=1S/C12H9ClF2S/c13-11(7-9-2-1-5-16-9)10-4-3-8(14)6-12(10)15/h1-6,11H,7H2. The molecule has 0 fully saturated rings. The molecule has 1 unspecified atom stereocenters. The minimum Gasteiger partial charge on any atom is -0.207 e. The molecule has 4 heteroatoms. The van der Waals surface area contributed by atoms with Crippen molar-refractivity contribution in [2.75, 3.05) is 0 Å². The first-order valence-corrected chi connectivity index (χ1v) is 6.10. The van der Waals surface area contributed by atoms with Crippen LogP contribution in [-0.4, -0.2) is 0 Å². The highest BCUT2D eigenvalue weighted by Gasteiger charge is 2.14. The molecule has 1 atom stereocenters. The summed E-state index contributed by atoms with van der Waals surface area (Å²) in [6.45, 7) is 0. The van der Waals surface area contributed by atoms with E-state index < -0.39 is 17.0 Å². The summed E-state index contributed by atoms with van der Waals surface area (Å²) in [5.41, 5.74) is 0.344. The number of halogens is 3. The van der Waals surface area contributed by atoms with Crippen LogP contribution in [0.3, 0.4) is 0 Å². The van der Waals surface area contributed by atoms with Crippen LogP contribution in [-0.2, 0) is 6.42 Å². The van der Waals surface area contributed by atoms with E-state index in [0.29, 0.717) is 12.0 Å². The molecule has 0 aliphatic heterocycles. The van der Waals surface area contributed by atoms with Gasteiger partial charge in [-0.3, -0.25) is 0 Å². The van der Waals surface area contributed by atoms with Crippen LogP contribution in [0.5, 0.6) is 0 Å². The van der Waals surface area contributed by atoms with Gasteiger partial charge in [-0.2, -0.15) is 0 Å². The lowest BCUT2D eigenvalue weighted by Gasteiger charge is -2.09. The molecular weight excluding hydrogens is 250 g/mol. The van der Waals surface area contributed by atoms with Crippen molar-refractivity contribution in [3.63, 3.8) is 0 Å². The van der Waals surface area contributed by atoms with E-state index in [-0.39, 0.29) is 0 Å². The predicted molar refractivity (Wildman–Crippen MR) is 63.0 cm³/mol. The molecule has 0 bridgehead atoms. The van der Waals surface area contributed by atoms with Gasteiger partial charge in [-0.15, -0.1) is 22.9 Å². The lowest BCUT2D eigenvalue weighted by atomic mass is 10.1. The Morgan fingerprint density at radius 2 is 2.06 bits per heavy atom. The average molecular weight is 259 g/mol. The Morgan fingerprint density at radius 1 is 1.25 bits per heavy atom. The fourth-order valence-electron chi connectivity index (χ4n) is 1.47. The van der Waals surface area contributed by atoms with Crippen LogP contribution in [0.15, 0.2) is 35.7 Å². The topological polar surface area (TPSA) is 0 Å². The molecule has 0 aliphatic carbocycles. The maximum Gasteiger partial charge on any atom is 0.130 e. The molecular formula is C12H9ClF2S. The third kappa shape index (κ3) is 2.60. The molecule has 2 rings (SSSR count). The van der Waals surface area contributed by atoms with Crippen molar-refractivity contribution in [3.05, 3.63) is 57.8 Å². The molecule has 0 N–H and O–H groups in total.